The van der Waals surface area contributed by atoms with Crippen LogP contribution in [0.2, 0.25) is 0 Å². The number of ether oxygens (including phenoxy) is 2. The minimum atomic E-state index is -1.12. The fraction of sp³-hybridized carbons (Fsp3) is 0.429. The van der Waals surface area contributed by atoms with Crippen LogP contribution in [0.25, 0.3) is 0 Å². The topological polar surface area (TPSA) is 76.1 Å². The molecule has 0 atom stereocenters. The minimum absolute atomic E-state index is 0.0220. The second kappa shape index (κ2) is 5.81. The number of carboxylic acids is 1. The van der Waals surface area contributed by atoms with Crippen LogP contribution in [0.5, 0.6) is 11.5 Å². The van der Waals surface area contributed by atoms with Crippen molar-refractivity contribution in [2.75, 3.05) is 20.8 Å². The van der Waals surface area contributed by atoms with Gasteiger partial charge in [-0.05, 0) is 31.0 Å². The maximum Gasteiger partial charge on any atom is 0.339 e. The molecule has 0 bridgehead atoms. The van der Waals surface area contributed by atoms with Crippen LogP contribution in [0.4, 0.5) is 0 Å². The van der Waals surface area contributed by atoms with Crippen molar-refractivity contribution in [1.29, 1.82) is 0 Å². The molecule has 0 spiro atoms. The van der Waals surface area contributed by atoms with Crippen LogP contribution in [0, 0.1) is 0 Å². The van der Waals surface area contributed by atoms with Crippen LogP contribution in [0.1, 0.15) is 23.2 Å². The van der Waals surface area contributed by atoms with Crippen molar-refractivity contribution in [3.8, 4) is 11.5 Å². The fourth-order valence-corrected chi connectivity index (χ4v) is 1.84. The number of hydrogen-bond acceptors (Lipinski definition) is 4. The Morgan fingerprint density at radius 2 is 2.10 bits per heavy atom. The largest absolute Gasteiger partial charge is 0.497 e. The predicted molar refractivity (Wildman–Crippen MR) is 71.2 cm³/mol. The Bertz CT molecular complexity index is 524. The van der Waals surface area contributed by atoms with Crippen molar-refractivity contribution >= 4 is 11.9 Å². The minimum Gasteiger partial charge on any atom is -0.497 e. The molecule has 1 aliphatic carbocycles. The Morgan fingerprint density at radius 1 is 1.40 bits per heavy atom. The zero-order valence-electron chi connectivity index (χ0n) is 11.5. The van der Waals surface area contributed by atoms with Crippen LogP contribution < -0.4 is 9.47 Å². The number of amides is 1. The smallest absolute Gasteiger partial charge is 0.339 e. The summed E-state index contributed by atoms with van der Waals surface area (Å²) < 4.78 is 10.3. The quantitative estimate of drug-likeness (QED) is 0.851. The molecule has 1 N–H and O–H groups in total. The first-order chi connectivity index (χ1) is 9.52. The van der Waals surface area contributed by atoms with Gasteiger partial charge in [-0.1, -0.05) is 0 Å². The lowest BCUT2D eigenvalue weighted by Gasteiger charge is -2.17. The number of likely N-dealkylation sites (N-methyl/N-ethyl adjacent to an activating group) is 1. The Hall–Kier alpha value is -2.24. The van der Waals surface area contributed by atoms with Crippen molar-refractivity contribution < 1.29 is 24.2 Å². The number of carboxylic acid groups (broad SMARTS) is 1. The fourth-order valence-electron chi connectivity index (χ4n) is 1.84. The van der Waals surface area contributed by atoms with Crippen molar-refractivity contribution in [1.82, 2.24) is 4.90 Å². The normalized spacial score (nSPS) is 13.7. The van der Waals surface area contributed by atoms with Gasteiger partial charge >= 0.3 is 5.97 Å². The molecule has 0 heterocycles. The van der Waals surface area contributed by atoms with Gasteiger partial charge in [0.05, 0.1) is 7.11 Å². The third-order valence-electron chi connectivity index (χ3n) is 3.26. The van der Waals surface area contributed by atoms with Crippen LogP contribution in [-0.4, -0.2) is 48.7 Å². The third kappa shape index (κ3) is 3.20. The Kier molecular flexibility index (Phi) is 4.12. The zero-order valence-corrected chi connectivity index (χ0v) is 11.5. The Labute approximate surface area is 116 Å². The molecule has 6 heteroatoms. The van der Waals surface area contributed by atoms with Crippen molar-refractivity contribution in [2.45, 2.75) is 18.9 Å². The molecule has 1 saturated carbocycles. The summed E-state index contributed by atoms with van der Waals surface area (Å²) in [4.78, 5) is 24.6. The van der Waals surface area contributed by atoms with E-state index in [4.69, 9.17) is 14.6 Å². The van der Waals surface area contributed by atoms with E-state index in [0.717, 1.165) is 12.8 Å². The van der Waals surface area contributed by atoms with Gasteiger partial charge in [-0.15, -0.1) is 0 Å². The molecule has 0 unspecified atom stereocenters. The third-order valence-corrected chi connectivity index (χ3v) is 3.26. The highest BCUT2D eigenvalue weighted by molar-refractivity contribution is 5.91. The molecular weight excluding hydrogens is 262 g/mol. The van der Waals surface area contributed by atoms with Crippen molar-refractivity contribution in [3.63, 3.8) is 0 Å². The van der Waals surface area contributed by atoms with Crippen LogP contribution in [0.15, 0.2) is 18.2 Å². The molecule has 108 valence electrons. The van der Waals surface area contributed by atoms with Gasteiger partial charge in [0.2, 0.25) is 0 Å². The number of methoxy groups -OCH3 is 1. The number of benzene rings is 1. The van der Waals surface area contributed by atoms with Gasteiger partial charge in [-0.2, -0.15) is 0 Å². The maximum absolute atomic E-state index is 11.8. The second-order valence-electron chi connectivity index (χ2n) is 4.69. The predicted octanol–water partition coefficient (Wildman–Crippen LogP) is 1.39. The summed E-state index contributed by atoms with van der Waals surface area (Å²) in [6, 6.07) is 4.76. The van der Waals surface area contributed by atoms with Crippen LogP contribution in [0.3, 0.4) is 0 Å². The van der Waals surface area contributed by atoms with E-state index in [9.17, 15) is 9.59 Å². The van der Waals surface area contributed by atoms with E-state index in [1.807, 2.05) is 0 Å². The Morgan fingerprint density at radius 3 is 2.65 bits per heavy atom. The standard InChI is InChI=1S/C14H17NO5/c1-15(9-3-4-9)13(16)8-20-12-6-5-10(19-2)7-11(12)14(17)18/h5-7,9H,3-4,8H2,1-2H3,(H,17,18). The highest BCUT2D eigenvalue weighted by Gasteiger charge is 2.29. The summed E-state index contributed by atoms with van der Waals surface area (Å²) in [5.41, 5.74) is -0.0220. The summed E-state index contributed by atoms with van der Waals surface area (Å²) in [5, 5.41) is 9.13. The number of hydrogen-bond donors (Lipinski definition) is 1. The molecule has 2 rings (SSSR count). The van der Waals surface area contributed by atoms with Crippen molar-refractivity contribution in [3.05, 3.63) is 23.8 Å². The second-order valence-corrected chi connectivity index (χ2v) is 4.69. The van der Waals surface area contributed by atoms with E-state index >= 15 is 0 Å². The lowest BCUT2D eigenvalue weighted by molar-refractivity contribution is -0.132. The van der Waals surface area contributed by atoms with Gasteiger partial charge in [0.1, 0.15) is 17.1 Å². The molecule has 20 heavy (non-hydrogen) atoms. The van der Waals surface area contributed by atoms with E-state index < -0.39 is 5.97 Å². The molecule has 0 aliphatic heterocycles. The van der Waals surface area contributed by atoms with Crippen LogP contribution >= 0.6 is 0 Å². The molecule has 0 radical (unpaired) electrons. The van der Waals surface area contributed by atoms with Gasteiger partial charge in [0, 0.05) is 13.1 Å². The van der Waals surface area contributed by atoms with E-state index in [1.54, 1.807) is 18.0 Å². The summed E-state index contributed by atoms with van der Waals surface area (Å²) >= 11 is 0. The van der Waals surface area contributed by atoms with Gasteiger partial charge in [0.25, 0.3) is 5.91 Å². The lowest BCUT2D eigenvalue weighted by Crippen LogP contribution is -2.33. The van der Waals surface area contributed by atoms with Crippen LogP contribution in [-0.2, 0) is 4.79 Å². The molecule has 1 fully saturated rings. The van der Waals surface area contributed by atoms with E-state index in [0.29, 0.717) is 11.8 Å². The van der Waals surface area contributed by atoms with E-state index in [2.05, 4.69) is 0 Å². The molecular formula is C14H17NO5. The number of carbonyl (C=O) groups excluding carboxylic acids is 1. The average molecular weight is 279 g/mol. The average Bonchev–Trinajstić information content (AvgIpc) is 3.28. The zero-order chi connectivity index (χ0) is 14.7. The lowest BCUT2D eigenvalue weighted by atomic mass is 10.2. The maximum atomic E-state index is 11.8. The van der Waals surface area contributed by atoms with Crippen molar-refractivity contribution in [2.24, 2.45) is 0 Å². The van der Waals surface area contributed by atoms with E-state index in [1.165, 1.54) is 19.2 Å². The highest BCUT2D eigenvalue weighted by atomic mass is 16.5. The van der Waals surface area contributed by atoms with Gasteiger partial charge in [0.15, 0.2) is 6.61 Å². The molecule has 1 aliphatic rings. The molecule has 6 nitrogen and oxygen atoms in total. The molecule has 1 aromatic carbocycles. The first-order valence-corrected chi connectivity index (χ1v) is 6.32. The summed E-state index contributed by atoms with van der Waals surface area (Å²) in [6.07, 6.45) is 2.04. The number of rotatable bonds is 6. The molecule has 1 amide bonds. The first kappa shape index (κ1) is 14.2. The van der Waals surface area contributed by atoms with Gasteiger partial charge in [-0.25, -0.2) is 4.79 Å². The number of nitrogens with zero attached hydrogens (tertiary/aromatic N) is 1. The van der Waals surface area contributed by atoms with Gasteiger partial charge in [-0.3, -0.25) is 4.79 Å². The van der Waals surface area contributed by atoms with Gasteiger partial charge < -0.3 is 19.5 Å². The molecule has 0 aromatic heterocycles. The number of aromatic carboxylic acids is 1. The number of carbonyl (C=O) groups is 2. The summed E-state index contributed by atoms with van der Waals surface area (Å²) in [7, 11) is 3.19. The Balaban J connectivity index is 2.04. The highest BCUT2D eigenvalue weighted by Crippen LogP contribution is 2.26. The molecule has 0 saturated heterocycles. The van der Waals surface area contributed by atoms with E-state index in [-0.39, 0.29) is 23.8 Å². The summed E-state index contributed by atoms with van der Waals surface area (Å²) in [6.45, 7) is -0.167. The SMILES string of the molecule is COc1ccc(OCC(=O)N(C)C2CC2)c(C(=O)O)c1. The molecule has 1 aromatic rings. The first-order valence-electron chi connectivity index (χ1n) is 6.32. The monoisotopic (exact) mass is 279 g/mol. The summed E-state index contributed by atoms with van der Waals surface area (Å²) in [5.74, 6) is -0.687.